The minimum absolute atomic E-state index is 0.222. The first-order valence-electron chi connectivity index (χ1n) is 8.76. The third kappa shape index (κ3) is 4.37. The quantitative estimate of drug-likeness (QED) is 0.681. The molecule has 0 radical (unpaired) electrons. The highest BCUT2D eigenvalue weighted by Gasteiger charge is 2.11. The molecule has 0 fully saturated rings. The number of nitrogens with zero attached hydrogens (tertiary/aromatic N) is 2. The highest BCUT2D eigenvalue weighted by atomic mass is 16.5. The van der Waals surface area contributed by atoms with Gasteiger partial charge in [0.05, 0.1) is 26.5 Å². The van der Waals surface area contributed by atoms with Gasteiger partial charge in [0.2, 0.25) is 0 Å². The number of hydrogen-bond acceptors (Lipinski definition) is 5. The number of benzene rings is 2. The second-order valence-corrected chi connectivity index (χ2v) is 5.97. The Morgan fingerprint density at radius 2 is 1.75 bits per heavy atom. The van der Waals surface area contributed by atoms with Crippen molar-refractivity contribution in [3.8, 4) is 22.8 Å². The van der Waals surface area contributed by atoms with Gasteiger partial charge in [0.25, 0.3) is 11.5 Å². The van der Waals surface area contributed by atoms with Gasteiger partial charge in [-0.1, -0.05) is 30.3 Å². The molecule has 144 valence electrons. The molecule has 7 heteroatoms. The van der Waals surface area contributed by atoms with E-state index in [1.165, 1.54) is 25.0 Å². The number of amides is 1. The number of aromatic nitrogens is 2. The second-order valence-electron chi connectivity index (χ2n) is 5.97. The highest BCUT2D eigenvalue weighted by Crippen LogP contribution is 2.27. The fourth-order valence-corrected chi connectivity index (χ4v) is 2.73. The number of carbonyl (C=O) groups is 1. The molecule has 0 spiro atoms. The van der Waals surface area contributed by atoms with Gasteiger partial charge in [-0.25, -0.2) is 4.68 Å². The Morgan fingerprint density at radius 3 is 2.46 bits per heavy atom. The molecule has 0 saturated heterocycles. The van der Waals surface area contributed by atoms with Gasteiger partial charge in [-0.3, -0.25) is 9.59 Å². The highest BCUT2D eigenvalue weighted by molar-refractivity contribution is 5.94. The van der Waals surface area contributed by atoms with Gasteiger partial charge in [-0.05, 0) is 24.3 Å². The molecule has 0 atom stereocenters. The van der Waals surface area contributed by atoms with Crippen LogP contribution in [0.2, 0.25) is 0 Å². The van der Waals surface area contributed by atoms with Gasteiger partial charge in [-0.15, -0.1) is 0 Å². The summed E-state index contributed by atoms with van der Waals surface area (Å²) in [6.45, 7) is 0.525. The van der Waals surface area contributed by atoms with Crippen LogP contribution in [0.25, 0.3) is 11.3 Å². The zero-order chi connectivity index (χ0) is 19.9. The summed E-state index contributed by atoms with van der Waals surface area (Å²) >= 11 is 0. The zero-order valence-corrected chi connectivity index (χ0v) is 15.7. The van der Waals surface area contributed by atoms with E-state index in [1.54, 1.807) is 24.3 Å². The number of hydrogen-bond donors (Lipinski definition) is 1. The first kappa shape index (κ1) is 19.2. The summed E-state index contributed by atoms with van der Waals surface area (Å²) < 4.78 is 11.7. The molecule has 3 rings (SSSR count). The predicted octanol–water partition coefficient (Wildman–Crippen LogP) is 2.36. The van der Waals surface area contributed by atoms with Crippen molar-refractivity contribution in [3.05, 3.63) is 76.6 Å². The van der Waals surface area contributed by atoms with Gasteiger partial charge < -0.3 is 14.8 Å². The zero-order valence-electron chi connectivity index (χ0n) is 15.7. The lowest BCUT2D eigenvalue weighted by Crippen LogP contribution is -2.32. The number of rotatable bonds is 7. The lowest BCUT2D eigenvalue weighted by atomic mass is 10.1. The summed E-state index contributed by atoms with van der Waals surface area (Å²) in [5, 5.41) is 7.17. The van der Waals surface area contributed by atoms with Gasteiger partial charge in [0, 0.05) is 23.7 Å². The molecule has 0 aliphatic rings. The summed E-state index contributed by atoms with van der Waals surface area (Å²) in [4.78, 5) is 24.4. The Labute approximate surface area is 162 Å². The summed E-state index contributed by atoms with van der Waals surface area (Å²) in [6.07, 6.45) is 0. The van der Waals surface area contributed by atoms with Gasteiger partial charge >= 0.3 is 0 Å². The smallest absolute Gasteiger partial charge is 0.266 e. The molecule has 1 N–H and O–H groups in total. The summed E-state index contributed by atoms with van der Waals surface area (Å²) in [5.41, 5.74) is 1.84. The van der Waals surface area contributed by atoms with Crippen molar-refractivity contribution in [2.75, 3.05) is 20.8 Å². The molecule has 28 heavy (non-hydrogen) atoms. The number of carbonyl (C=O) groups excluding carboxylic acids is 1. The Bertz CT molecular complexity index is 1020. The normalized spacial score (nSPS) is 10.4. The molecule has 2 aromatic carbocycles. The van der Waals surface area contributed by atoms with Crippen LogP contribution in [0.15, 0.2) is 65.5 Å². The Morgan fingerprint density at radius 1 is 1.00 bits per heavy atom. The summed E-state index contributed by atoms with van der Waals surface area (Å²) in [7, 11) is 3.04. The van der Waals surface area contributed by atoms with Crippen LogP contribution in [-0.4, -0.2) is 36.5 Å². The molecule has 1 aromatic heterocycles. The van der Waals surface area contributed by atoms with Gasteiger partial charge in [-0.2, -0.15) is 5.10 Å². The molecule has 0 aliphatic heterocycles. The number of ether oxygens (including phenoxy) is 2. The Kier molecular flexibility index (Phi) is 6.06. The molecule has 0 bridgehead atoms. The van der Waals surface area contributed by atoms with Crippen LogP contribution >= 0.6 is 0 Å². The van der Waals surface area contributed by atoms with Crippen molar-refractivity contribution in [3.63, 3.8) is 0 Å². The standard InChI is InChI=1S/C21H21N3O4/c1-27-18-10-8-16(14-19(18)28-2)21(26)22-12-13-24-20(25)11-9-17(23-24)15-6-4-3-5-7-15/h3-11,14H,12-13H2,1-2H3,(H,22,26). The monoisotopic (exact) mass is 379 g/mol. The minimum atomic E-state index is -0.270. The van der Waals surface area contributed by atoms with Crippen LogP contribution in [0.4, 0.5) is 0 Å². The van der Waals surface area contributed by atoms with Crippen molar-refractivity contribution in [2.24, 2.45) is 0 Å². The van der Waals surface area contributed by atoms with Crippen LogP contribution in [0.1, 0.15) is 10.4 Å². The van der Waals surface area contributed by atoms with E-state index in [0.29, 0.717) is 22.8 Å². The fourth-order valence-electron chi connectivity index (χ4n) is 2.73. The van der Waals surface area contributed by atoms with Crippen LogP contribution in [-0.2, 0) is 6.54 Å². The predicted molar refractivity (Wildman–Crippen MR) is 106 cm³/mol. The van der Waals surface area contributed by atoms with E-state index < -0.39 is 0 Å². The first-order valence-corrected chi connectivity index (χ1v) is 8.76. The van der Waals surface area contributed by atoms with E-state index >= 15 is 0 Å². The molecule has 0 aliphatic carbocycles. The maximum atomic E-state index is 12.4. The maximum absolute atomic E-state index is 12.4. The average molecular weight is 379 g/mol. The Balaban J connectivity index is 1.66. The SMILES string of the molecule is COc1ccc(C(=O)NCCn2nc(-c3ccccc3)ccc2=O)cc1OC. The molecular formula is C21H21N3O4. The average Bonchev–Trinajstić information content (AvgIpc) is 2.75. The summed E-state index contributed by atoms with van der Waals surface area (Å²) in [6, 6.07) is 17.7. The molecule has 7 nitrogen and oxygen atoms in total. The number of methoxy groups -OCH3 is 2. The van der Waals surface area contributed by atoms with E-state index in [2.05, 4.69) is 10.4 Å². The summed E-state index contributed by atoms with van der Waals surface area (Å²) in [5.74, 6) is 0.754. The van der Waals surface area contributed by atoms with E-state index in [4.69, 9.17) is 9.47 Å². The molecule has 1 amide bonds. The lowest BCUT2D eigenvalue weighted by molar-refractivity contribution is 0.0951. The van der Waals surface area contributed by atoms with Crippen LogP contribution in [0.5, 0.6) is 11.5 Å². The maximum Gasteiger partial charge on any atom is 0.266 e. The largest absolute Gasteiger partial charge is 0.493 e. The molecule has 0 unspecified atom stereocenters. The topological polar surface area (TPSA) is 82.5 Å². The Hall–Kier alpha value is -3.61. The molecule has 3 aromatic rings. The van der Waals surface area contributed by atoms with Crippen molar-refractivity contribution >= 4 is 5.91 Å². The van der Waals surface area contributed by atoms with Crippen molar-refractivity contribution in [1.82, 2.24) is 15.1 Å². The van der Waals surface area contributed by atoms with Crippen LogP contribution in [0, 0.1) is 0 Å². The lowest BCUT2D eigenvalue weighted by Gasteiger charge is -2.11. The van der Waals surface area contributed by atoms with Crippen molar-refractivity contribution in [2.45, 2.75) is 6.54 Å². The third-order valence-corrected chi connectivity index (χ3v) is 4.19. The minimum Gasteiger partial charge on any atom is -0.493 e. The van der Waals surface area contributed by atoms with E-state index in [1.807, 2.05) is 30.3 Å². The van der Waals surface area contributed by atoms with E-state index in [9.17, 15) is 9.59 Å². The van der Waals surface area contributed by atoms with Crippen LogP contribution < -0.4 is 20.3 Å². The van der Waals surface area contributed by atoms with E-state index in [0.717, 1.165) is 5.56 Å². The second kappa shape index (κ2) is 8.85. The fraction of sp³-hybridized carbons (Fsp3) is 0.190. The first-order chi connectivity index (χ1) is 13.6. The molecule has 0 saturated carbocycles. The van der Waals surface area contributed by atoms with Crippen molar-refractivity contribution < 1.29 is 14.3 Å². The molecule has 1 heterocycles. The van der Waals surface area contributed by atoms with E-state index in [-0.39, 0.29) is 24.6 Å². The van der Waals surface area contributed by atoms with Gasteiger partial charge in [0.1, 0.15) is 0 Å². The van der Waals surface area contributed by atoms with Crippen molar-refractivity contribution in [1.29, 1.82) is 0 Å². The number of nitrogens with one attached hydrogen (secondary N) is 1. The third-order valence-electron chi connectivity index (χ3n) is 4.19. The van der Waals surface area contributed by atoms with Gasteiger partial charge in [0.15, 0.2) is 11.5 Å². The molecular weight excluding hydrogens is 358 g/mol. The van der Waals surface area contributed by atoms with Crippen LogP contribution in [0.3, 0.4) is 0 Å².